The molecule has 0 bridgehead atoms. The van der Waals surface area contributed by atoms with E-state index in [9.17, 15) is 14.7 Å². The normalized spacial score (nSPS) is 13.6. The number of aromatic nitrogens is 3. The van der Waals surface area contributed by atoms with Crippen molar-refractivity contribution in [2.45, 2.75) is 78.5 Å². The molecule has 7 nitrogen and oxygen atoms in total. The van der Waals surface area contributed by atoms with Crippen LogP contribution in [0, 0.1) is 12.8 Å². The summed E-state index contributed by atoms with van der Waals surface area (Å²) < 4.78 is 2.22. The number of pyridine rings is 1. The number of amides is 1. The van der Waals surface area contributed by atoms with Gasteiger partial charge in [0.25, 0.3) is 5.82 Å². The average Bonchev–Trinajstić information content (AvgIpc) is 2.99. The molecule has 2 heterocycles. The highest BCUT2D eigenvalue weighted by Crippen LogP contribution is 2.15. The number of carbonyl (C=O) groups is 2. The van der Waals surface area contributed by atoms with E-state index < -0.39 is 12.1 Å². The van der Waals surface area contributed by atoms with E-state index in [1.165, 1.54) is 11.8 Å². The van der Waals surface area contributed by atoms with Crippen LogP contribution in [0.25, 0.3) is 11.0 Å². The largest absolute Gasteiger partial charge is 0.386 e. The summed E-state index contributed by atoms with van der Waals surface area (Å²) in [6, 6.07) is 1.41. The zero-order valence-electron chi connectivity index (χ0n) is 18.3. The summed E-state index contributed by atoms with van der Waals surface area (Å²) in [4.78, 5) is 34.0. The van der Waals surface area contributed by atoms with Gasteiger partial charge in [-0.1, -0.05) is 13.8 Å². The minimum absolute atomic E-state index is 0.0372. The third-order valence-electron chi connectivity index (χ3n) is 5.38. The van der Waals surface area contributed by atoms with Crippen LogP contribution in [-0.4, -0.2) is 50.9 Å². The molecule has 0 aromatic carbocycles. The van der Waals surface area contributed by atoms with Crippen LogP contribution in [0.2, 0.25) is 0 Å². The molecule has 160 valence electrons. The summed E-state index contributed by atoms with van der Waals surface area (Å²) in [7, 11) is 1.67. The summed E-state index contributed by atoms with van der Waals surface area (Å²) in [5.41, 5.74) is 2.17. The molecule has 2 rings (SSSR count). The Hall–Kier alpha value is -2.28. The Kier molecular flexibility index (Phi) is 8.32. The molecule has 2 N–H and O–H groups in total. The summed E-state index contributed by atoms with van der Waals surface area (Å²) in [5.74, 6) is 1.04. The number of Topliss-reactive ketones (excluding diaryl/α,β-unsaturated/α-hetero) is 1. The molecule has 29 heavy (non-hydrogen) atoms. The van der Waals surface area contributed by atoms with Crippen LogP contribution in [-0.2, 0) is 16.1 Å². The van der Waals surface area contributed by atoms with Gasteiger partial charge in [-0.2, -0.15) is 0 Å². The molecule has 7 heteroatoms. The van der Waals surface area contributed by atoms with Crippen molar-refractivity contribution < 1.29 is 19.3 Å². The van der Waals surface area contributed by atoms with Crippen molar-refractivity contribution in [1.82, 2.24) is 14.9 Å². The minimum atomic E-state index is -1.06. The Balaban J connectivity index is 1.83. The maximum atomic E-state index is 12.6. The first-order chi connectivity index (χ1) is 13.7. The van der Waals surface area contributed by atoms with Gasteiger partial charge in [0.2, 0.25) is 5.91 Å². The highest BCUT2D eigenvalue weighted by Gasteiger charge is 2.29. The van der Waals surface area contributed by atoms with Crippen molar-refractivity contribution in [1.29, 1.82) is 0 Å². The van der Waals surface area contributed by atoms with Gasteiger partial charge in [-0.05, 0) is 38.5 Å². The number of nitrogens with zero attached hydrogens (tertiary/aromatic N) is 3. The second kappa shape index (κ2) is 10.5. The number of aromatic amines is 1. The van der Waals surface area contributed by atoms with E-state index in [0.717, 1.165) is 42.7 Å². The van der Waals surface area contributed by atoms with Crippen LogP contribution in [0.15, 0.2) is 18.5 Å². The first kappa shape index (κ1) is 23.0. The smallest absolute Gasteiger partial charge is 0.252 e. The van der Waals surface area contributed by atoms with Crippen molar-refractivity contribution in [3.05, 3.63) is 24.3 Å². The summed E-state index contributed by atoms with van der Waals surface area (Å²) in [6.45, 7) is 8.42. The highest BCUT2D eigenvalue weighted by molar-refractivity contribution is 5.91. The molecule has 0 aliphatic carbocycles. The van der Waals surface area contributed by atoms with Gasteiger partial charge in [-0.3, -0.25) is 14.6 Å². The second-order valence-electron chi connectivity index (χ2n) is 8.29. The Morgan fingerprint density at radius 1 is 1.24 bits per heavy atom. The topological polar surface area (TPSA) is 90.2 Å². The molecule has 0 saturated heterocycles. The van der Waals surface area contributed by atoms with Gasteiger partial charge in [0, 0.05) is 32.7 Å². The average molecular weight is 404 g/mol. The second-order valence-corrected chi connectivity index (χ2v) is 8.29. The third kappa shape index (κ3) is 6.10. The Morgan fingerprint density at radius 3 is 2.62 bits per heavy atom. The van der Waals surface area contributed by atoms with E-state index in [-0.39, 0.29) is 17.6 Å². The van der Waals surface area contributed by atoms with Crippen molar-refractivity contribution in [3.63, 3.8) is 0 Å². The molecule has 0 aliphatic rings. The van der Waals surface area contributed by atoms with Crippen LogP contribution >= 0.6 is 0 Å². The predicted octanol–water partition coefficient (Wildman–Crippen LogP) is 2.54. The van der Waals surface area contributed by atoms with E-state index in [1.807, 2.05) is 33.0 Å². The fraction of sp³-hybridized carbons (Fsp3) is 0.636. The van der Waals surface area contributed by atoms with Crippen molar-refractivity contribution in [2.75, 3.05) is 7.05 Å². The number of ketones is 1. The lowest BCUT2D eigenvalue weighted by molar-refractivity contribution is -0.677. The monoisotopic (exact) mass is 403 g/mol. The van der Waals surface area contributed by atoms with E-state index >= 15 is 0 Å². The van der Waals surface area contributed by atoms with Crippen LogP contribution in [0.3, 0.4) is 0 Å². The predicted molar refractivity (Wildman–Crippen MR) is 112 cm³/mol. The maximum absolute atomic E-state index is 12.6. The number of imidazole rings is 1. The lowest BCUT2D eigenvalue weighted by Gasteiger charge is -2.29. The first-order valence-corrected chi connectivity index (χ1v) is 10.5. The molecular formula is C22H35N4O3+. The molecule has 0 aliphatic heterocycles. The van der Waals surface area contributed by atoms with Gasteiger partial charge in [0.05, 0.1) is 18.8 Å². The number of unbranched alkanes of at least 4 members (excludes halogenated alkanes) is 2. The van der Waals surface area contributed by atoms with Gasteiger partial charge >= 0.3 is 0 Å². The third-order valence-corrected chi connectivity index (χ3v) is 5.38. The number of likely N-dealkylation sites (N-methyl/N-ethyl adjacent to an activating group) is 1. The van der Waals surface area contributed by atoms with Gasteiger partial charge in [0.15, 0.2) is 16.8 Å². The molecule has 2 aromatic heterocycles. The molecule has 1 unspecified atom stereocenters. The van der Waals surface area contributed by atoms with Gasteiger partial charge in [-0.25, -0.2) is 9.55 Å². The van der Waals surface area contributed by atoms with E-state index in [1.54, 1.807) is 13.2 Å². The molecule has 2 atom stereocenters. The minimum Gasteiger partial charge on any atom is -0.386 e. The molecular weight excluding hydrogens is 368 g/mol. The van der Waals surface area contributed by atoms with Crippen LogP contribution in [0.4, 0.5) is 0 Å². The number of fused-ring (bicyclic) bond motifs is 1. The molecule has 2 aromatic rings. The van der Waals surface area contributed by atoms with E-state index in [0.29, 0.717) is 12.8 Å². The number of nitrogens with one attached hydrogen (secondary N) is 1. The van der Waals surface area contributed by atoms with Crippen LogP contribution in [0.1, 0.15) is 58.7 Å². The summed E-state index contributed by atoms with van der Waals surface area (Å²) in [5, 5.41) is 9.67. The number of carbonyl (C=O) groups excluding carboxylic acids is 2. The van der Waals surface area contributed by atoms with Crippen LogP contribution in [0.5, 0.6) is 0 Å². The Labute approximate surface area is 173 Å². The lowest BCUT2D eigenvalue weighted by atomic mass is 9.96. The number of rotatable bonds is 11. The fourth-order valence-corrected chi connectivity index (χ4v) is 3.70. The number of hydrogen-bond acceptors (Lipinski definition) is 4. The fourth-order valence-electron chi connectivity index (χ4n) is 3.70. The highest BCUT2D eigenvalue weighted by atomic mass is 16.3. The van der Waals surface area contributed by atoms with Crippen molar-refractivity contribution in [2.24, 2.45) is 5.92 Å². The van der Waals surface area contributed by atoms with Crippen LogP contribution < -0.4 is 4.57 Å². The number of H-pyrrole nitrogens is 1. The standard InChI is InChI=1S/C22H34N4O3/c1-15(2)13-19(22(29)16(3)27)25(5)21(28)9-7-6-8-12-26-17(4)24-18-10-11-23-14-20(18)26/h10-11,14-16,19,27H,6-9,12-13H2,1-5H3/p+1/t16?,19-/m0/s1. The summed E-state index contributed by atoms with van der Waals surface area (Å²) in [6.07, 6.45) is 6.24. The lowest BCUT2D eigenvalue weighted by Crippen LogP contribution is -2.46. The molecule has 1 amide bonds. The zero-order chi connectivity index (χ0) is 21.6. The quantitative estimate of drug-likeness (QED) is 0.446. The van der Waals surface area contributed by atoms with Crippen molar-refractivity contribution >= 4 is 22.7 Å². The number of hydrogen-bond donors (Lipinski definition) is 2. The van der Waals surface area contributed by atoms with E-state index in [2.05, 4.69) is 14.5 Å². The van der Waals surface area contributed by atoms with Gasteiger partial charge in [-0.15, -0.1) is 0 Å². The van der Waals surface area contributed by atoms with E-state index in [4.69, 9.17) is 0 Å². The Morgan fingerprint density at radius 2 is 1.97 bits per heavy atom. The molecule has 0 spiro atoms. The SMILES string of the molecule is Cc1[nH]c2ccncc2[n+]1CCCCCC(=O)N(C)[C@@H](CC(C)C)C(=O)C(C)O. The first-order valence-electron chi connectivity index (χ1n) is 10.5. The maximum Gasteiger partial charge on any atom is 0.252 e. The molecule has 0 radical (unpaired) electrons. The zero-order valence-corrected chi connectivity index (χ0v) is 18.3. The number of aliphatic hydroxyl groups is 1. The number of aliphatic hydroxyl groups excluding tert-OH is 1. The number of aryl methyl sites for hydroxylation is 2. The molecule has 0 fully saturated rings. The van der Waals surface area contributed by atoms with Gasteiger partial charge in [0.1, 0.15) is 6.10 Å². The molecule has 0 saturated carbocycles. The van der Waals surface area contributed by atoms with Gasteiger partial charge < -0.3 is 10.0 Å². The van der Waals surface area contributed by atoms with Crippen molar-refractivity contribution in [3.8, 4) is 0 Å². The Bertz CT molecular complexity index is 829. The summed E-state index contributed by atoms with van der Waals surface area (Å²) >= 11 is 0.